The molecule has 1 nitrogen and oxygen atoms in total. The van der Waals surface area contributed by atoms with E-state index in [1.807, 2.05) is 0 Å². The third kappa shape index (κ3) is 5.05. The fourth-order valence-corrected chi connectivity index (χ4v) is 2.99. The SMILES string of the molecule is CCCN(CC(C)(C)C)c1c(C(C)C)cccc1C(C)C. The van der Waals surface area contributed by atoms with Crippen LogP contribution in [-0.2, 0) is 0 Å². The van der Waals surface area contributed by atoms with Crippen molar-refractivity contribution in [2.75, 3.05) is 18.0 Å². The molecule has 21 heavy (non-hydrogen) atoms. The van der Waals surface area contributed by atoms with Gasteiger partial charge in [-0.25, -0.2) is 0 Å². The Hall–Kier alpha value is -0.980. The highest BCUT2D eigenvalue weighted by Crippen LogP contribution is 2.36. The molecule has 0 bridgehead atoms. The van der Waals surface area contributed by atoms with Gasteiger partial charge >= 0.3 is 0 Å². The molecule has 0 heterocycles. The number of hydrogen-bond acceptors (Lipinski definition) is 1. The summed E-state index contributed by atoms with van der Waals surface area (Å²) in [6, 6.07) is 6.86. The van der Waals surface area contributed by atoms with Crippen LogP contribution in [0.4, 0.5) is 5.69 Å². The van der Waals surface area contributed by atoms with Gasteiger partial charge in [-0.1, -0.05) is 73.6 Å². The van der Waals surface area contributed by atoms with Crippen LogP contribution in [0.15, 0.2) is 18.2 Å². The van der Waals surface area contributed by atoms with Gasteiger partial charge in [0, 0.05) is 18.8 Å². The Balaban J connectivity index is 3.38. The average Bonchev–Trinajstić information content (AvgIpc) is 2.35. The summed E-state index contributed by atoms with van der Waals surface area (Å²) >= 11 is 0. The van der Waals surface area contributed by atoms with E-state index in [1.165, 1.54) is 23.2 Å². The summed E-state index contributed by atoms with van der Waals surface area (Å²) in [5.74, 6) is 1.14. The van der Waals surface area contributed by atoms with Gasteiger partial charge in [0.25, 0.3) is 0 Å². The first-order valence-electron chi connectivity index (χ1n) is 8.55. The lowest BCUT2D eigenvalue weighted by Crippen LogP contribution is -2.35. The molecule has 0 N–H and O–H groups in total. The number of benzene rings is 1. The highest BCUT2D eigenvalue weighted by atomic mass is 15.1. The molecule has 120 valence electrons. The molecule has 0 unspecified atom stereocenters. The van der Waals surface area contributed by atoms with Crippen LogP contribution in [0, 0.1) is 5.41 Å². The van der Waals surface area contributed by atoms with Gasteiger partial charge in [0.1, 0.15) is 0 Å². The Morgan fingerprint density at radius 1 is 0.952 bits per heavy atom. The van der Waals surface area contributed by atoms with Crippen molar-refractivity contribution in [3.05, 3.63) is 29.3 Å². The molecule has 1 rings (SSSR count). The van der Waals surface area contributed by atoms with E-state index in [2.05, 4.69) is 78.5 Å². The van der Waals surface area contributed by atoms with Crippen LogP contribution in [-0.4, -0.2) is 13.1 Å². The van der Waals surface area contributed by atoms with Crippen molar-refractivity contribution in [2.45, 2.75) is 73.6 Å². The maximum Gasteiger partial charge on any atom is 0.0436 e. The minimum Gasteiger partial charge on any atom is -0.371 e. The summed E-state index contributed by atoms with van der Waals surface area (Å²) < 4.78 is 0. The normalized spacial score (nSPS) is 12.3. The zero-order chi connectivity index (χ0) is 16.2. The summed E-state index contributed by atoms with van der Waals surface area (Å²) in [5.41, 5.74) is 4.81. The molecule has 0 aliphatic rings. The van der Waals surface area contributed by atoms with E-state index < -0.39 is 0 Å². The summed E-state index contributed by atoms with van der Waals surface area (Å²) in [6.07, 6.45) is 1.19. The van der Waals surface area contributed by atoms with Gasteiger partial charge in [0.2, 0.25) is 0 Å². The van der Waals surface area contributed by atoms with Crippen molar-refractivity contribution in [1.29, 1.82) is 0 Å². The van der Waals surface area contributed by atoms with E-state index in [0.29, 0.717) is 17.3 Å². The molecule has 0 aliphatic heterocycles. The monoisotopic (exact) mass is 289 g/mol. The zero-order valence-electron chi connectivity index (χ0n) is 15.5. The lowest BCUT2D eigenvalue weighted by molar-refractivity contribution is 0.408. The topological polar surface area (TPSA) is 3.24 Å². The maximum atomic E-state index is 2.63. The standard InChI is InChI=1S/C20H35N/c1-9-13-21(14-20(6,7)8)19-17(15(2)3)11-10-12-18(19)16(4)5/h10-12,15-16H,9,13-14H2,1-8H3. The second kappa shape index (κ2) is 7.33. The smallest absolute Gasteiger partial charge is 0.0436 e. The molecule has 0 amide bonds. The number of hydrogen-bond donors (Lipinski definition) is 0. The molecule has 0 aliphatic carbocycles. The number of rotatable bonds is 6. The van der Waals surface area contributed by atoms with Gasteiger partial charge in [0.15, 0.2) is 0 Å². The van der Waals surface area contributed by atoms with Crippen LogP contribution in [0.3, 0.4) is 0 Å². The summed E-state index contributed by atoms with van der Waals surface area (Å²) in [7, 11) is 0. The van der Waals surface area contributed by atoms with Crippen molar-refractivity contribution in [3.8, 4) is 0 Å². The Morgan fingerprint density at radius 2 is 1.43 bits per heavy atom. The Labute approximate surface area is 132 Å². The van der Waals surface area contributed by atoms with Crippen molar-refractivity contribution in [1.82, 2.24) is 0 Å². The lowest BCUT2D eigenvalue weighted by Gasteiger charge is -2.36. The van der Waals surface area contributed by atoms with E-state index in [4.69, 9.17) is 0 Å². The van der Waals surface area contributed by atoms with Crippen molar-refractivity contribution >= 4 is 5.69 Å². The van der Waals surface area contributed by atoms with E-state index in [1.54, 1.807) is 0 Å². The molecule has 0 radical (unpaired) electrons. The fraction of sp³-hybridized carbons (Fsp3) is 0.700. The lowest BCUT2D eigenvalue weighted by atomic mass is 9.89. The first kappa shape index (κ1) is 18.1. The van der Waals surface area contributed by atoms with Crippen molar-refractivity contribution in [2.24, 2.45) is 5.41 Å². The van der Waals surface area contributed by atoms with Gasteiger partial charge < -0.3 is 4.90 Å². The molecule has 0 saturated carbocycles. The van der Waals surface area contributed by atoms with Gasteiger partial charge in [-0.3, -0.25) is 0 Å². The summed E-state index contributed by atoms with van der Waals surface area (Å²) in [6.45, 7) is 20.8. The Morgan fingerprint density at radius 3 is 1.76 bits per heavy atom. The minimum atomic E-state index is 0.313. The first-order valence-corrected chi connectivity index (χ1v) is 8.55. The third-order valence-corrected chi connectivity index (χ3v) is 3.82. The van der Waals surface area contributed by atoms with Crippen LogP contribution in [0.5, 0.6) is 0 Å². The van der Waals surface area contributed by atoms with E-state index in [0.717, 1.165) is 13.1 Å². The molecular weight excluding hydrogens is 254 g/mol. The second-order valence-electron chi connectivity index (χ2n) is 8.08. The molecule has 0 fully saturated rings. The van der Waals surface area contributed by atoms with Gasteiger partial charge in [-0.2, -0.15) is 0 Å². The third-order valence-electron chi connectivity index (χ3n) is 3.82. The summed E-state index contributed by atoms with van der Waals surface area (Å²) in [5, 5.41) is 0. The Bertz CT molecular complexity index is 411. The molecule has 0 aromatic heterocycles. The van der Waals surface area contributed by atoms with Gasteiger partial charge in [-0.15, -0.1) is 0 Å². The average molecular weight is 290 g/mol. The first-order chi connectivity index (χ1) is 9.67. The van der Waals surface area contributed by atoms with Crippen molar-refractivity contribution in [3.63, 3.8) is 0 Å². The predicted octanol–water partition coefficient (Wildman–Crippen LogP) is 6.20. The van der Waals surface area contributed by atoms with Crippen LogP contribution in [0.25, 0.3) is 0 Å². The minimum absolute atomic E-state index is 0.313. The quantitative estimate of drug-likeness (QED) is 0.603. The van der Waals surface area contributed by atoms with Gasteiger partial charge in [-0.05, 0) is 34.8 Å². The van der Waals surface area contributed by atoms with Crippen LogP contribution in [0.1, 0.15) is 84.8 Å². The zero-order valence-corrected chi connectivity index (χ0v) is 15.5. The fourth-order valence-electron chi connectivity index (χ4n) is 2.99. The molecule has 0 atom stereocenters. The second-order valence-corrected chi connectivity index (χ2v) is 8.08. The van der Waals surface area contributed by atoms with Crippen LogP contribution < -0.4 is 4.90 Å². The number of nitrogens with zero attached hydrogens (tertiary/aromatic N) is 1. The Kier molecular flexibility index (Phi) is 6.31. The number of anilines is 1. The van der Waals surface area contributed by atoms with E-state index in [-0.39, 0.29) is 0 Å². The number of para-hydroxylation sites is 1. The molecule has 1 aromatic carbocycles. The molecule has 0 saturated heterocycles. The maximum absolute atomic E-state index is 2.63. The molecule has 1 heteroatoms. The predicted molar refractivity (Wildman–Crippen MR) is 96.6 cm³/mol. The molecule has 0 spiro atoms. The molecule has 1 aromatic rings. The van der Waals surface area contributed by atoms with E-state index >= 15 is 0 Å². The highest BCUT2D eigenvalue weighted by Gasteiger charge is 2.22. The van der Waals surface area contributed by atoms with Crippen LogP contribution >= 0.6 is 0 Å². The van der Waals surface area contributed by atoms with Crippen molar-refractivity contribution < 1.29 is 0 Å². The summed E-state index contributed by atoms with van der Waals surface area (Å²) in [4.78, 5) is 2.63. The van der Waals surface area contributed by atoms with Crippen LogP contribution in [0.2, 0.25) is 0 Å². The molecular formula is C20H35N. The van der Waals surface area contributed by atoms with E-state index in [9.17, 15) is 0 Å². The largest absolute Gasteiger partial charge is 0.371 e. The van der Waals surface area contributed by atoms with Gasteiger partial charge in [0.05, 0.1) is 0 Å². The highest BCUT2D eigenvalue weighted by molar-refractivity contribution is 5.62.